The Balaban J connectivity index is 2.46. The first-order valence-corrected chi connectivity index (χ1v) is 14.9. The van der Waals surface area contributed by atoms with Crippen molar-refractivity contribution in [2.75, 3.05) is 0 Å². The van der Waals surface area contributed by atoms with Gasteiger partial charge in [0.15, 0.2) is 0 Å². The van der Waals surface area contributed by atoms with Gasteiger partial charge in [-0.3, -0.25) is 0 Å². The Kier molecular flexibility index (Phi) is 3.26. The van der Waals surface area contributed by atoms with Gasteiger partial charge in [0, 0.05) is 0 Å². The van der Waals surface area contributed by atoms with E-state index in [-0.39, 0.29) is 6.10 Å². The molecule has 2 atom stereocenters. The van der Waals surface area contributed by atoms with Crippen LogP contribution in [-0.4, -0.2) is 29.6 Å². The van der Waals surface area contributed by atoms with Crippen molar-refractivity contribution in [1.82, 2.24) is 0 Å². The fraction of sp³-hybridized carbons (Fsp3) is 1.00. The summed E-state index contributed by atoms with van der Waals surface area (Å²) in [6, 6.07) is 0. The van der Waals surface area contributed by atoms with Crippen LogP contribution in [0, 0.1) is 0 Å². The van der Waals surface area contributed by atoms with Crippen molar-refractivity contribution < 1.29 is 5.11 Å². The van der Waals surface area contributed by atoms with Crippen molar-refractivity contribution in [2.24, 2.45) is 0 Å². The summed E-state index contributed by atoms with van der Waals surface area (Å²) >= 11 is -1.65. The molecule has 0 radical (unpaired) electrons. The SMILES string of the molecule is [CH3][Sn]([CH3])([CH3])[CH]1CCCC(O)C1. The third-order valence-electron chi connectivity index (χ3n) is 2.87. The average Bonchev–Trinajstić information content (AvgIpc) is 1.86. The summed E-state index contributed by atoms with van der Waals surface area (Å²) in [4.78, 5) is 7.45. The number of hydrogen-bond donors (Lipinski definition) is 1. The van der Waals surface area contributed by atoms with Crippen molar-refractivity contribution in [3.05, 3.63) is 0 Å². The van der Waals surface area contributed by atoms with Crippen molar-refractivity contribution in [3.8, 4) is 0 Å². The van der Waals surface area contributed by atoms with E-state index in [4.69, 9.17) is 0 Å². The predicted octanol–water partition coefficient (Wildman–Crippen LogP) is 2.63. The molecule has 66 valence electrons. The first kappa shape index (κ1) is 9.84. The summed E-state index contributed by atoms with van der Waals surface area (Å²) in [5.74, 6) is 0. The van der Waals surface area contributed by atoms with E-state index in [2.05, 4.69) is 14.8 Å². The minimum atomic E-state index is -1.65. The molecule has 0 aromatic carbocycles. The number of aliphatic hydroxyl groups excluding tert-OH is 1. The Morgan fingerprint density at radius 1 is 1.18 bits per heavy atom. The molecule has 2 unspecified atom stereocenters. The van der Waals surface area contributed by atoms with E-state index in [1.165, 1.54) is 12.8 Å². The molecule has 1 aliphatic carbocycles. The zero-order chi connectivity index (χ0) is 8.48. The molecule has 1 N–H and O–H groups in total. The van der Waals surface area contributed by atoms with Crippen LogP contribution in [0.5, 0.6) is 0 Å². The van der Waals surface area contributed by atoms with Crippen LogP contribution in [0.25, 0.3) is 0 Å². The van der Waals surface area contributed by atoms with E-state index >= 15 is 0 Å². The molecule has 0 spiro atoms. The second-order valence-corrected chi connectivity index (χ2v) is 20.7. The second-order valence-electron chi connectivity index (χ2n) is 4.88. The van der Waals surface area contributed by atoms with Crippen LogP contribution in [0.15, 0.2) is 0 Å². The Bertz CT molecular complexity index is 128. The normalized spacial score (nSPS) is 33.8. The third kappa shape index (κ3) is 2.94. The van der Waals surface area contributed by atoms with Gasteiger partial charge in [0.1, 0.15) is 0 Å². The molecule has 0 amide bonds. The van der Waals surface area contributed by atoms with Gasteiger partial charge < -0.3 is 0 Å². The molecule has 0 aromatic rings. The van der Waals surface area contributed by atoms with Gasteiger partial charge in [-0.1, -0.05) is 0 Å². The first-order chi connectivity index (χ1) is 5.00. The molecule has 0 aromatic heterocycles. The summed E-state index contributed by atoms with van der Waals surface area (Å²) < 4.78 is 0.938. The van der Waals surface area contributed by atoms with E-state index in [1.807, 2.05) is 0 Å². The van der Waals surface area contributed by atoms with Gasteiger partial charge in [0.2, 0.25) is 0 Å². The molecule has 0 heterocycles. The molecule has 1 fully saturated rings. The second kappa shape index (κ2) is 3.65. The Hall–Kier alpha value is 0.759. The fourth-order valence-corrected chi connectivity index (χ4v) is 7.80. The van der Waals surface area contributed by atoms with E-state index in [0.717, 1.165) is 16.8 Å². The van der Waals surface area contributed by atoms with Gasteiger partial charge in [-0.2, -0.15) is 0 Å². The van der Waals surface area contributed by atoms with Crippen molar-refractivity contribution in [1.29, 1.82) is 0 Å². The van der Waals surface area contributed by atoms with E-state index in [1.54, 1.807) is 0 Å². The zero-order valence-electron chi connectivity index (χ0n) is 7.93. The van der Waals surface area contributed by atoms with Crippen molar-refractivity contribution in [3.63, 3.8) is 0 Å². The Morgan fingerprint density at radius 3 is 2.18 bits per heavy atom. The van der Waals surface area contributed by atoms with Crippen LogP contribution in [0.2, 0.25) is 18.8 Å². The molecule has 0 bridgehead atoms. The predicted molar refractivity (Wildman–Crippen MR) is 51.6 cm³/mol. The molecule has 0 saturated heterocycles. The van der Waals surface area contributed by atoms with Crippen LogP contribution >= 0.6 is 0 Å². The van der Waals surface area contributed by atoms with E-state index in [9.17, 15) is 5.11 Å². The summed E-state index contributed by atoms with van der Waals surface area (Å²) in [6.45, 7) is 0. The zero-order valence-corrected chi connectivity index (χ0v) is 10.8. The van der Waals surface area contributed by atoms with Crippen LogP contribution < -0.4 is 0 Å². The maximum atomic E-state index is 9.48. The Labute approximate surface area is 74.1 Å². The summed E-state index contributed by atoms with van der Waals surface area (Å²) in [5, 5.41) is 9.48. The molecule has 11 heavy (non-hydrogen) atoms. The molecule has 1 rings (SSSR count). The molecular formula is C9H20OSn. The van der Waals surface area contributed by atoms with Gasteiger partial charge in [-0.05, 0) is 0 Å². The van der Waals surface area contributed by atoms with Gasteiger partial charge in [0.25, 0.3) is 0 Å². The molecule has 2 heteroatoms. The van der Waals surface area contributed by atoms with Gasteiger partial charge in [-0.15, -0.1) is 0 Å². The first-order valence-electron chi connectivity index (χ1n) is 4.68. The standard InChI is InChI=1S/C6H11O.3CH3.Sn/c7-6-4-2-1-3-5-6;;;;/h2,6-7H,1,3-5H2;3*1H3;. The fourth-order valence-electron chi connectivity index (χ4n) is 1.95. The topological polar surface area (TPSA) is 20.2 Å². The van der Waals surface area contributed by atoms with Crippen LogP contribution in [-0.2, 0) is 0 Å². The van der Waals surface area contributed by atoms with Crippen LogP contribution in [0.1, 0.15) is 25.7 Å². The van der Waals surface area contributed by atoms with Gasteiger partial charge >= 0.3 is 74.0 Å². The maximum absolute atomic E-state index is 9.48. The van der Waals surface area contributed by atoms with Crippen molar-refractivity contribution >= 4 is 18.4 Å². The molecule has 1 nitrogen and oxygen atoms in total. The molecule has 1 saturated carbocycles. The molecular weight excluding hydrogens is 243 g/mol. The van der Waals surface area contributed by atoms with E-state index < -0.39 is 18.4 Å². The molecule has 0 aliphatic heterocycles. The van der Waals surface area contributed by atoms with Crippen molar-refractivity contribution in [2.45, 2.75) is 50.5 Å². The number of rotatable bonds is 1. The van der Waals surface area contributed by atoms with Gasteiger partial charge in [0.05, 0.1) is 0 Å². The number of hydrogen-bond acceptors (Lipinski definition) is 1. The van der Waals surface area contributed by atoms with Crippen LogP contribution in [0.3, 0.4) is 0 Å². The Morgan fingerprint density at radius 2 is 1.82 bits per heavy atom. The summed E-state index contributed by atoms with van der Waals surface area (Å²) in [7, 11) is 0. The summed E-state index contributed by atoms with van der Waals surface area (Å²) in [5.41, 5.74) is 0. The monoisotopic (exact) mass is 264 g/mol. The average molecular weight is 263 g/mol. The quantitative estimate of drug-likeness (QED) is 0.721. The van der Waals surface area contributed by atoms with E-state index in [0.29, 0.717) is 0 Å². The number of aliphatic hydroxyl groups is 1. The summed E-state index contributed by atoms with van der Waals surface area (Å²) in [6.07, 6.45) is 4.86. The molecule has 1 aliphatic rings. The third-order valence-corrected chi connectivity index (χ3v) is 11.4. The van der Waals surface area contributed by atoms with Gasteiger partial charge in [-0.25, -0.2) is 0 Å². The minimum absolute atomic E-state index is 0.0321. The van der Waals surface area contributed by atoms with Crippen LogP contribution in [0.4, 0.5) is 0 Å².